The first-order valence-electron chi connectivity index (χ1n) is 18.4. The zero-order valence-electron chi connectivity index (χ0n) is 30.0. The first-order valence-corrected chi connectivity index (χ1v) is 24.7. The maximum absolute atomic E-state index is 12.4. The van der Waals surface area contributed by atoms with E-state index in [4.69, 9.17) is 18.3 Å². The highest BCUT2D eigenvalue weighted by Crippen LogP contribution is 2.69. The summed E-state index contributed by atoms with van der Waals surface area (Å²) in [4.78, 5) is 0. The van der Waals surface area contributed by atoms with Crippen LogP contribution in [0.25, 0.3) is 0 Å². The van der Waals surface area contributed by atoms with Crippen molar-refractivity contribution >= 4 is 16.6 Å². The summed E-state index contributed by atoms with van der Waals surface area (Å²) in [5.74, 6) is 1.87. The fourth-order valence-electron chi connectivity index (χ4n) is 10.7. The molecule has 5 fully saturated rings. The Morgan fingerprint density at radius 3 is 2.20 bits per heavy atom. The molecule has 1 aliphatic heterocycles. The molecule has 0 aromatic carbocycles. The zero-order chi connectivity index (χ0) is 32.7. The van der Waals surface area contributed by atoms with Crippen LogP contribution in [0.15, 0.2) is 11.1 Å². The van der Waals surface area contributed by atoms with Gasteiger partial charge in [0.2, 0.25) is 0 Å². The minimum atomic E-state index is -1.96. The predicted octanol–water partition coefficient (Wildman–Crippen LogP) is 8.73. The Labute approximate surface area is 276 Å². The van der Waals surface area contributed by atoms with Gasteiger partial charge in [0.25, 0.3) is 0 Å². The van der Waals surface area contributed by atoms with Crippen LogP contribution in [-0.4, -0.2) is 58.6 Å². The molecule has 0 bridgehead atoms. The molecule has 0 aromatic heterocycles. The van der Waals surface area contributed by atoms with Crippen LogP contribution in [0.5, 0.6) is 0 Å². The first-order chi connectivity index (χ1) is 20.9. The third-order valence-electron chi connectivity index (χ3n) is 14.0. The molecule has 1 saturated heterocycles. The van der Waals surface area contributed by atoms with Crippen LogP contribution in [0, 0.1) is 46.3 Å². The monoisotopic (exact) mass is 657 g/mol. The van der Waals surface area contributed by atoms with Crippen molar-refractivity contribution in [1.29, 1.82) is 5.26 Å². The van der Waals surface area contributed by atoms with Gasteiger partial charge in [-0.3, -0.25) is 0 Å². The maximum atomic E-state index is 12.4. The van der Waals surface area contributed by atoms with Crippen LogP contribution in [-0.2, 0) is 18.3 Å². The van der Waals surface area contributed by atoms with E-state index >= 15 is 0 Å². The molecule has 45 heavy (non-hydrogen) atoms. The molecular formula is C37H63NO5Si2. The van der Waals surface area contributed by atoms with Crippen molar-refractivity contribution in [2.45, 2.75) is 160 Å². The van der Waals surface area contributed by atoms with E-state index in [0.717, 1.165) is 51.6 Å². The largest absolute Gasteiger partial charge is 0.417 e. The van der Waals surface area contributed by atoms with Crippen LogP contribution in [0.2, 0.25) is 37.8 Å². The molecule has 8 heteroatoms. The van der Waals surface area contributed by atoms with Gasteiger partial charge in [-0.05, 0) is 137 Å². The number of aliphatic hydroxyl groups is 1. The Bertz CT molecular complexity index is 1200. The number of ether oxygens (including phenoxy) is 2. The molecule has 0 radical (unpaired) electrons. The summed E-state index contributed by atoms with van der Waals surface area (Å²) in [5.41, 5.74) is 1.21. The highest BCUT2D eigenvalue weighted by atomic mass is 28.4. The molecule has 1 spiro atoms. The second-order valence-electron chi connectivity index (χ2n) is 18.8. The average molecular weight is 658 g/mol. The number of nitrogens with zero attached hydrogens (tertiary/aromatic N) is 1. The Hall–Kier alpha value is -0.536. The molecule has 0 amide bonds. The van der Waals surface area contributed by atoms with E-state index in [1.165, 1.54) is 31.3 Å². The molecule has 4 saturated carbocycles. The van der Waals surface area contributed by atoms with Gasteiger partial charge in [-0.2, -0.15) is 5.26 Å². The van der Waals surface area contributed by atoms with Crippen LogP contribution in [0.1, 0.15) is 105 Å². The lowest BCUT2D eigenvalue weighted by Crippen LogP contribution is -2.58. The van der Waals surface area contributed by atoms with Gasteiger partial charge in [-0.15, -0.1) is 0 Å². The molecule has 2 unspecified atom stereocenters. The molecule has 1 heterocycles. The van der Waals surface area contributed by atoms with Gasteiger partial charge in [0.15, 0.2) is 22.4 Å². The lowest BCUT2D eigenvalue weighted by molar-refractivity contribution is -0.208. The normalized spacial score (nSPS) is 41.8. The van der Waals surface area contributed by atoms with Crippen molar-refractivity contribution in [3.63, 3.8) is 0 Å². The van der Waals surface area contributed by atoms with Crippen LogP contribution in [0.4, 0.5) is 0 Å². The van der Waals surface area contributed by atoms with Gasteiger partial charge in [0.05, 0.1) is 24.9 Å². The highest BCUT2D eigenvalue weighted by molar-refractivity contribution is 6.74. The minimum Gasteiger partial charge on any atom is -0.417 e. The summed E-state index contributed by atoms with van der Waals surface area (Å²) < 4.78 is 26.0. The Morgan fingerprint density at radius 1 is 0.933 bits per heavy atom. The van der Waals surface area contributed by atoms with Crippen molar-refractivity contribution in [1.82, 2.24) is 0 Å². The van der Waals surface area contributed by atoms with Crippen LogP contribution >= 0.6 is 0 Å². The number of rotatable bonds is 6. The van der Waals surface area contributed by atoms with Crippen LogP contribution in [0.3, 0.4) is 0 Å². The summed E-state index contributed by atoms with van der Waals surface area (Å²) in [6, 6.07) is 2.84. The van der Waals surface area contributed by atoms with Gasteiger partial charge < -0.3 is 23.4 Å². The number of hydrogen-bond donors (Lipinski definition) is 1. The second-order valence-corrected chi connectivity index (χ2v) is 28.0. The van der Waals surface area contributed by atoms with E-state index in [1.807, 2.05) is 0 Å². The predicted molar refractivity (Wildman–Crippen MR) is 183 cm³/mol. The molecular weight excluding hydrogens is 595 g/mol. The Kier molecular flexibility index (Phi) is 8.79. The second kappa shape index (κ2) is 11.5. The van der Waals surface area contributed by atoms with Crippen LogP contribution < -0.4 is 0 Å². The van der Waals surface area contributed by atoms with E-state index in [-0.39, 0.29) is 10.5 Å². The SMILES string of the molecule is CC(C)(C)[Si](C)(C)OCC1CCC([C@H]2C[C@@]3(C)C(CC[C@@]3(C#N)O[Si](C)(C)C)C3CC[C@@]4(O)CC5(CCC4=C32)OCCO5)CC1. The van der Waals surface area contributed by atoms with E-state index in [1.54, 1.807) is 5.57 Å². The van der Waals surface area contributed by atoms with Crippen molar-refractivity contribution < 1.29 is 23.4 Å². The smallest absolute Gasteiger partial charge is 0.191 e. The van der Waals surface area contributed by atoms with Gasteiger partial charge in [-0.1, -0.05) is 33.3 Å². The zero-order valence-corrected chi connectivity index (χ0v) is 32.0. The standard InChI is InChI=1S/C37H63NO5Si2/c1-33(2,3)45(8,9)42-23-26-10-12-27(13-11-26)29-22-34(4)30(15-18-36(34,25-38)43-44(5,6)7)28-14-17-35(39)24-37(40-20-21-41-37)19-16-31(35)32(28)29/h26-30,39H,10-24H2,1-9H3/t26?,27?,28?,29-,30?,34+,35-,36+/m1/s1. The lowest BCUT2D eigenvalue weighted by Gasteiger charge is -2.59. The molecule has 1 N–H and O–H groups in total. The van der Waals surface area contributed by atoms with Gasteiger partial charge in [-0.25, -0.2) is 0 Å². The quantitative estimate of drug-likeness (QED) is 0.227. The van der Waals surface area contributed by atoms with Gasteiger partial charge in [0, 0.05) is 24.9 Å². The number of nitriles is 1. The van der Waals surface area contributed by atoms with Crippen molar-refractivity contribution in [2.75, 3.05) is 19.8 Å². The summed E-state index contributed by atoms with van der Waals surface area (Å²) in [7, 11) is -3.73. The van der Waals surface area contributed by atoms with E-state index in [9.17, 15) is 10.4 Å². The molecule has 6 atom stereocenters. The average Bonchev–Trinajstić information content (AvgIpc) is 3.51. The molecule has 0 aromatic rings. The lowest BCUT2D eigenvalue weighted by atomic mass is 9.48. The highest BCUT2D eigenvalue weighted by Gasteiger charge is 2.67. The molecule has 254 valence electrons. The molecule has 6 rings (SSSR count). The Balaban J connectivity index is 1.31. The van der Waals surface area contributed by atoms with Crippen molar-refractivity contribution in [3.8, 4) is 6.07 Å². The van der Waals surface area contributed by atoms with E-state index in [0.29, 0.717) is 49.2 Å². The molecule has 5 aliphatic carbocycles. The van der Waals surface area contributed by atoms with E-state index < -0.39 is 33.6 Å². The summed E-state index contributed by atoms with van der Waals surface area (Å²) >= 11 is 0. The van der Waals surface area contributed by atoms with E-state index in [2.05, 4.69) is 66.5 Å². The molecule has 6 aliphatic rings. The van der Waals surface area contributed by atoms with Gasteiger partial charge >= 0.3 is 0 Å². The topological polar surface area (TPSA) is 80.9 Å². The first kappa shape index (κ1) is 34.3. The molecule has 6 nitrogen and oxygen atoms in total. The maximum Gasteiger partial charge on any atom is 0.191 e. The van der Waals surface area contributed by atoms with Crippen molar-refractivity contribution in [2.24, 2.45) is 35.0 Å². The summed E-state index contributed by atoms with van der Waals surface area (Å²) in [6.07, 6.45) is 11.8. The fraction of sp³-hybridized carbons (Fsp3) is 0.919. The minimum absolute atomic E-state index is 0.174. The third kappa shape index (κ3) is 5.91. The number of fused-ring (bicyclic) bond motifs is 4. The van der Waals surface area contributed by atoms with Crippen molar-refractivity contribution in [3.05, 3.63) is 11.1 Å². The summed E-state index contributed by atoms with van der Waals surface area (Å²) in [6.45, 7) is 23.1. The third-order valence-corrected chi connectivity index (χ3v) is 19.5. The number of allylic oxidation sites excluding steroid dienone is 1. The number of hydrogen-bond acceptors (Lipinski definition) is 6. The summed E-state index contributed by atoms with van der Waals surface area (Å²) in [5, 5.41) is 23.6. The van der Waals surface area contributed by atoms with Gasteiger partial charge in [0.1, 0.15) is 5.60 Å². The Morgan fingerprint density at radius 2 is 1.60 bits per heavy atom. The fourth-order valence-corrected chi connectivity index (χ4v) is 13.2.